The third kappa shape index (κ3) is 3.63. The van der Waals surface area contributed by atoms with Crippen molar-refractivity contribution in [2.24, 2.45) is 0 Å². The third-order valence-electron chi connectivity index (χ3n) is 4.39. The van der Waals surface area contributed by atoms with Crippen LogP contribution < -0.4 is 9.47 Å². The highest BCUT2D eigenvalue weighted by atomic mass is 16.5. The molecule has 0 spiro atoms. The van der Waals surface area contributed by atoms with E-state index in [0.717, 1.165) is 24.3 Å². The molecule has 0 saturated carbocycles. The predicted molar refractivity (Wildman–Crippen MR) is 106 cm³/mol. The van der Waals surface area contributed by atoms with E-state index < -0.39 is 0 Å². The minimum absolute atomic E-state index is 0.667. The summed E-state index contributed by atoms with van der Waals surface area (Å²) >= 11 is 0. The lowest BCUT2D eigenvalue weighted by molar-refractivity contribution is 0.340. The van der Waals surface area contributed by atoms with Crippen molar-refractivity contribution in [1.82, 2.24) is 0 Å². The maximum Gasteiger partial charge on any atom is 0.127 e. The SMILES string of the molecule is CCCc1ccc(-c2ccc(OCC)cc2)c2c(OCC)cccc12. The zero-order valence-corrected chi connectivity index (χ0v) is 15.3. The molecule has 3 rings (SSSR count). The molecule has 0 saturated heterocycles. The topological polar surface area (TPSA) is 18.5 Å². The van der Waals surface area contributed by atoms with Gasteiger partial charge in [0.05, 0.1) is 13.2 Å². The molecule has 0 bridgehead atoms. The first-order valence-electron chi connectivity index (χ1n) is 9.19. The van der Waals surface area contributed by atoms with Gasteiger partial charge in [0.15, 0.2) is 0 Å². The average Bonchev–Trinajstić information content (AvgIpc) is 2.64. The van der Waals surface area contributed by atoms with E-state index in [1.165, 1.54) is 27.5 Å². The zero-order chi connectivity index (χ0) is 17.6. The highest BCUT2D eigenvalue weighted by Crippen LogP contribution is 2.38. The number of rotatable bonds is 7. The molecule has 0 aliphatic heterocycles. The monoisotopic (exact) mass is 334 g/mol. The van der Waals surface area contributed by atoms with E-state index >= 15 is 0 Å². The number of hydrogen-bond donors (Lipinski definition) is 0. The fraction of sp³-hybridized carbons (Fsp3) is 0.304. The van der Waals surface area contributed by atoms with Crippen LogP contribution in [0.3, 0.4) is 0 Å². The van der Waals surface area contributed by atoms with Crippen molar-refractivity contribution in [2.45, 2.75) is 33.6 Å². The maximum atomic E-state index is 5.95. The summed E-state index contributed by atoms with van der Waals surface area (Å²) in [6.07, 6.45) is 2.21. The summed E-state index contributed by atoms with van der Waals surface area (Å²) in [4.78, 5) is 0. The molecule has 3 aromatic carbocycles. The van der Waals surface area contributed by atoms with Gasteiger partial charge in [0.2, 0.25) is 0 Å². The maximum absolute atomic E-state index is 5.95. The number of hydrogen-bond acceptors (Lipinski definition) is 2. The van der Waals surface area contributed by atoms with Crippen molar-refractivity contribution in [3.63, 3.8) is 0 Å². The lowest BCUT2D eigenvalue weighted by atomic mass is 9.93. The molecule has 130 valence electrons. The quantitative estimate of drug-likeness (QED) is 0.508. The minimum atomic E-state index is 0.667. The second kappa shape index (κ2) is 8.06. The standard InChI is InChI=1S/C23H26O2/c1-4-8-17-13-16-21(18-11-14-19(15-12-18)24-5-2)23-20(17)9-7-10-22(23)25-6-3/h7,9-16H,4-6,8H2,1-3H3. The first-order chi connectivity index (χ1) is 12.3. The van der Waals surface area contributed by atoms with Crippen LogP contribution in [0.4, 0.5) is 0 Å². The van der Waals surface area contributed by atoms with E-state index in [-0.39, 0.29) is 0 Å². The molecule has 0 aromatic heterocycles. The molecule has 0 radical (unpaired) electrons. The van der Waals surface area contributed by atoms with Crippen LogP contribution in [0.1, 0.15) is 32.8 Å². The summed E-state index contributed by atoms with van der Waals surface area (Å²) in [7, 11) is 0. The van der Waals surface area contributed by atoms with Crippen molar-refractivity contribution in [1.29, 1.82) is 0 Å². The van der Waals surface area contributed by atoms with Crippen LogP contribution in [0.25, 0.3) is 21.9 Å². The lowest BCUT2D eigenvalue weighted by Crippen LogP contribution is -1.96. The van der Waals surface area contributed by atoms with E-state index in [0.29, 0.717) is 13.2 Å². The van der Waals surface area contributed by atoms with Crippen molar-refractivity contribution in [3.05, 3.63) is 60.2 Å². The van der Waals surface area contributed by atoms with Crippen molar-refractivity contribution < 1.29 is 9.47 Å². The van der Waals surface area contributed by atoms with Crippen LogP contribution in [0.5, 0.6) is 11.5 Å². The molecule has 0 aliphatic carbocycles. The minimum Gasteiger partial charge on any atom is -0.494 e. The largest absolute Gasteiger partial charge is 0.494 e. The van der Waals surface area contributed by atoms with Crippen LogP contribution in [0, 0.1) is 0 Å². The van der Waals surface area contributed by atoms with Gasteiger partial charge in [-0.15, -0.1) is 0 Å². The Kier molecular flexibility index (Phi) is 5.60. The molecule has 0 N–H and O–H groups in total. The first-order valence-corrected chi connectivity index (χ1v) is 9.19. The molecular weight excluding hydrogens is 308 g/mol. The van der Waals surface area contributed by atoms with E-state index in [9.17, 15) is 0 Å². The Hall–Kier alpha value is -2.48. The Bertz CT molecular complexity index is 835. The summed E-state index contributed by atoms with van der Waals surface area (Å²) < 4.78 is 11.5. The highest BCUT2D eigenvalue weighted by molar-refractivity contribution is 6.02. The van der Waals surface area contributed by atoms with Crippen LogP contribution in [0.2, 0.25) is 0 Å². The number of aryl methyl sites for hydroxylation is 1. The molecule has 0 heterocycles. The fourth-order valence-corrected chi connectivity index (χ4v) is 3.33. The second-order valence-electron chi connectivity index (χ2n) is 6.09. The summed E-state index contributed by atoms with van der Waals surface area (Å²) in [6.45, 7) is 7.61. The second-order valence-corrected chi connectivity index (χ2v) is 6.09. The van der Waals surface area contributed by atoms with Crippen LogP contribution in [-0.2, 0) is 6.42 Å². The lowest BCUT2D eigenvalue weighted by Gasteiger charge is -2.15. The Labute approximate surface area is 150 Å². The van der Waals surface area contributed by atoms with Crippen molar-refractivity contribution in [2.75, 3.05) is 13.2 Å². The van der Waals surface area contributed by atoms with Crippen LogP contribution in [0.15, 0.2) is 54.6 Å². The van der Waals surface area contributed by atoms with Gasteiger partial charge in [-0.1, -0.05) is 49.7 Å². The van der Waals surface area contributed by atoms with Gasteiger partial charge in [-0.25, -0.2) is 0 Å². The van der Waals surface area contributed by atoms with Crippen LogP contribution in [-0.4, -0.2) is 13.2 Å². The average molecular weight is 334 g/mol. The van der Waals surface area contributed by atoms with Crippen molar-refractivity contribution >= 4 is 10.8 Å². The summed E-state index contributed by atoms with van der Waals surface area (Å²) in [6, 6.07) is 19.2. The molecule has 2 nitrogen and oxygen atoms in total. The summed E-state index contributed by atoms with van der Waals surface area (Å²) in [5, 5.41) is 2.50. The molecule has 0 unspecified atom stereocenters. The zero-order valence-electron chi connectivity index (χ0n) is 15.3. The molecule has 3 aromatic rings. The van der Waals surface area contributed by atoms with Gasteiger partial charge >= 0.3 is 0 Å². The van der Waals surface area contributed by atoms with E-state index in [1.54, 1.807) is 0 Å². The number of benzene rings is 3. The molecule has 0 fully saturated rings. The Morgan fingerprint density at radius 3 is 2.20 bits per heavy atom. The Morgan fingerprint density at radius 2 is 1.52 bits per heavy atom. The number of fused-ring (bicyclic) bond motifs is 1. The summed E-state index contributed by atoms with van der Waals surface area (Å²) in [5.41, 5.74) is 3.78. The predicted octanol–water partition coefficient (Wildman–Crippen LogP) is 6.26. The van der Waals surface area contributed by atoms with Gasteiger partial charge in [-0.2, -0.15) is 0 Å². The van der Waals surface area contributed by atoms with E-state index in [4.69, 9.17) is 9.47 Å². The van der Waals surface area contributed by atoms with Gasteiger partial charge < -0.3 is 9.47 Å². The first kappa shape index (κ1) is 17.3. The molecule has 0 aliphatic rings. The summed E-state index contributed by atoms with van der Waals surface area (Å²) in [5.74, 6) is 1.87. The molecule has 25 heavy (non-hydrogen) atoms. The van der Waals surface area contributed by atoms with Gasteiger partial charge in [0.1, 0.15) is 11.5 Å². The smallest absolute Gasteiger partial charge is 0.127 e. The molecule has 0 amide bonds. The van der Waals surface area contributed by atoms with E-state index in [1.807, 2.05) is 26.0 Å². The van der Waals surface area contributed by atoms with Gasteiger partial charge in [0.25, 0.3) is 0 Å². The normalized spacial score (nSPS) is 10.8. The van der Waals surface area contributed by atoms with Crippen LogP contribution >= 0.6 is 0 Å². The molecular formula is C23H26O2. The van der Waals surface area contributed by atoms with Gasteiger partial charge in [-0.05, 0) is 60.5 Å². The van der Waals surface area contributed by atoms with Crippen molar-refractivity contribution in [3.8, 4) is 22.6 Å². The fourth-order valence-electron chi connectivity index (χ4n) is 3.33. The van der Waals surface area contributed by atoms with Gasteiger partial charge in [0, 0.05) is 5.39 Å². The van der Waals surface area contributed by atoms with E-state index in [2.05, 4.69) is 49.4 Å². The third-order valence-corrected chi connectivity index (χ3v) is 4.39. The van der Waals surface area contributed by atoms with Gasteiger partial charge in [-0.3, -0.25) is 0 Å². The Balaban J connectivity index is 2.18. The highest BCUT2D eigenvalue weighted by Gasteiger charge is 2.12. The number of ether oxygens (including phenoxy) is 2. The Morgan fingerprint density at radius 1 is 0.760 bits per heavy atom. The molecule has 2 heteroatoms. The molecule has 0 atom stereocenters.